The van der Waals surface area contributed by atoms with Gasteiger partial charge < -0.3 is 9.84 Å². The van der Waals surface area contributed by atoms with Gasteiger partial charge in [0.2, 0.25) is 0 Å². The summed E-state index contributed by atoms with van der Waals surface area (Å²) >= 11 is 0. The smallest absolute Gasteiger partial charge is 0.313 e. The van der Waals surface area contributed by atoms with Crippen molar-refractivity contribution in [1.82, 2.24) is 0 Å². The van der Waals surface area contributed by atoms with Crippen molar-refractivity contribution in [3.63, 3.8) is 0 Å². The van der Waals surface area contributed by atoms with Crippen LogP contribution in [0.15, 0.2) is 12.2 Å². The Morgan fingerprint density at radius 3 is 2.58 bits per heavy atom. The summed E-state index contributed by atoms with van der Waals surface area (Å²) in [4.78, 5) is 24.5. The summed E-state index contributed by atoms with van der Waals surface area (Å²) in [5.74, 6) is -1.47. The number of hydrogen-bond donors (Lipinski definition) is 1. The Morgan fingerprint density at radius 2 is 1.96 bits per heavy atom. The van der Waals surface area contributed by atoms with E-state index in [0.29, 0.717) is 12.5 Å². The summed E-state index contributed by atoms with van der Waals surface area (Å²) in [6, 6.07) is 0. The van der Waals surface area contributed by atoms with E-state index in [-0.39, 0.29) is 17.8 Å². The number of esters is 1. The van der Waals surface area contributed by atoms with Gasteiger partial charge >= 0.3 is 11.9 Å². The van der Waals surface area contributed by atoms with Crippen molar-refractivity contribution in [3.05, 3.63) is 12.2 Å². The normalized spacial score (nSPS) is 32.0. The van der Waals surface area contributed by atoms with Crippen LogP contribution in [-0.4, -0.2) is 23.7 Å². The predicted molar refractivity (Wildman–Crippen MR) is 93.5 cm³/mol. The van der Waals surface area contributed by atoms with Gasteiger partial charge in [0.1, 0.15) is 0 Å². The van der Waals surface area contributed by atoms with Crippen LogP contribution in [0.5, 0.6) is 0 Å². The van der Waals surface area contributed by atoms with Crippen LogP contribution in [0.25, 0.3) is 0 Å². The molecule has 0 aromatic rings. The van der Waals surface area contributed by atoms with Crippen LogP contribution >= 0.6 is 0 Å². The minimum absolute atomic E-state index is 0.000756. The molecule has 0 spiro atoms. The molecule has 2 aliphatic rings. The lowest BCUT2D eigenvalue weighted by Crippen LogP contribution is -2.44. The molecule has 2 bridgehead atoms. The fraction of sp³-hybridized carbons (Fsp3) is 0.800. The minimum atomic E-state index is -0.911. The van der Waals surface area contributed by atoms with Gasteiger partial charge in [0.25, 0.3) is 0 Å². The summed E-state index contributed by atoms with van der Waals surface area (Å²) in [6.07, 6.45) is 11.5. The molecule has 0 aromatic carbocycles. The summed E-state index contributed by atoms with van der Waals surface area (Å²) in [5, 5.41) is 9.58. The molecular weight excluding hydrogens is 304 g/mol. The van der Waals surface area contributed by atoms with Crippen LogP contribution in [0.1, 0.15) is 65.7 Å². The fourth-order valence-electron chi connectivity index (χ4n) is 4.56. The van der Waals surface area contributed by atoms with Gasteiger partial charge in [-0.3, -0.25) is 9.59 Å². The summed E-state index contributed by atoms with van der Waals surface area (Å²) in [6.45, 7) is 6.55. The molecule has 0 aromatic heterocycles. The molecule has 0 aliphatic heterocycles. The number of allylic oxidation sites excluding steroid dienone is 2. The van der Waals surface area contributed by atoms with Gasteiger partial charge in [-0.15, -0.1) is 0 Å². The molecule has 0 radical (unpaired) electrons. The zero-order valence-corrected chi connectivity index (χ0v) is 15.3. The highest BCUT2D eigenvalue weighted by atomic mass is 16.5. The zero-order valence-electron chi connectivity index (χ0n) is 15.3. The molecule has 1 N–H and O–H groups in total. The van der Waals surface area contributed by atoms with Gasteiger partial charge in [-0.2, -0.15) is 0 Å². The Labute approximate surface area is 145 Å². The Morgan fingerprint density at radius 1 is 1.21 bits per heavy atom. The molecule has 0 saturated heterocycles. The van der Waals surface area contributed by atoms with Crippen LogP contribution in [0.4, 0.5) is 0 Å². The van der Waals surface area contributed by atoms with E-state index in [1.54, 1.807) is 6.92 Å². The van der Waals surface area contributed by atoms with E-state index in [0.717, 1.165) is 25.7 Å². The largest absolute Gasteiger partial charge is 0.481 e. The lowest BCUT2D eigenvalue weighted by Gasteiger charge is -2.34. The SMILES string of the molecule is CCCCCC(CCC)COC(=O)C1(C)C2C=CC(C2)C1C(=O)O. The molecule has 5 atom stereocenters. The standard InChI is InChI=1S/C20H32O4/c1-4-6-7-9-14(8-5-2)13-24-19(23)20(3)16-11-10-15(12-16)17(20)18(21)22/h10-11,14-17H,4-9,12-13H2,1-3H3,(H,21,22). The Bertz CT molecular complexity index is 484. The average molecular weight is 336 g/mol. The fourth-order valence-corrected chi connectivity index (χ4v) is 4.56. The van der Waals surface area contributed by atoms with Crippen LogP contribution in [-0.2, 0) is 14.3 Å². The summed E-state index contributed by atoms with van der Waals surface area (Å²) in [5.41, 5.74) is -0.911. The third-order valence-electron chi connectivity index (χ3n) is 6.03. The topological polar surface area (TPSA) is 63.6 Å². The highest BCUT2D eigenvalue weighted by Crippen LogP contribution is 2.56. The monoisotopic (exact) mass is 336 g/mol. The second kappa shape index (κ2) is 8.17. The Kier molecular flexibility index (Phi) is 6.47. The molecule has 0 amide bonds. The molecule has 4 heteroatoms. The summed E-state index contributed by atoms with van der Waals surface area (Å²) in [7, 11) is 0. The number of ether oxygens (including phenoxy) is 1. The lowest BCUT2D eigenvalue weighted by atomic mass is 9.70. The second-order valence-electron chi connectivity index (χ2n) is 7.74. The lowest BCUT2D eigenvalue weighted by molar-refractivity contribution is -0.168. The van der Waals surface area contributed by atoms with Crippen molar-refractivity contribution in [1.29, 1.82) is 0 Å². The molecule has 5 unspecified atom stereocenters. The third-order valence-corrected chi connectivity index (χ3v) is 6.03. The van der Waals surface area contributed by atoms with Gasteiger partial charge in [0.15, 0.2) is 0 Å². The number of rotatable bonds is 10. The first-order valence-electron chi connectivity index (χ1n) is 9.53. The van der Waals surface area contributed by atoms with Gasteiger partial charge in [0, 0.05) is 0 Å². The molecule has 2 aliphatic carbocycles. The number of hydrogen-bond acceptors (Lipinski definition) is 3. The van der Waals surface area contributed by atoms with Crippen LogP contribution in [0, 0.1) is 29.1 Å². The number of aliphatic carboxylic acids is 1. The highest BCUT2D eigenvalue weighted by Gasteiger charge is 2.61. The number of unbranched alkanes of at least 4 members (excludes halogenated alkanes) is 2. The van der Waals surface area contributed by atoms with Crippen molar-refractivity contribution < 1.29 is 19.4 Å². The van der Waals surface area contributed by atoms with Gasteiger partial charge in [0.05, 0.1) is 17.9 Å². The quantitative estimate of drug-likeness (QED) is 0.364. The van der Waals surface area contributed by atoms with Gasteiger partial charge in [-0.25, -0.2) is 0 Å². The number of carboxylic acid groups (broad SMARTS) is 1. The van der Waals surface area contributed by atoms with E-state index in [9.17, 15) is 14.7 Å². The highest BCUT2D eigenvalue weighted by molar-refractivity contribution is 5.86. The van der Waals surface area contributed by atoms with E-state index in [1.807, 2.05) is 12.2 Å². The molecule has 24 heavy (non-hydrogen) atoms. The molecule has 136 valence electrons. The van der Waals surface area contributed by atoms with Crippen molar-refractivity contribution >= 4 is 11.9 Å². The molecule has 0 heterocycles. The van der Waals surface area contributed by atoms with Crippen molar-refractivity contribution in [2.24, 2.45) is 29.1 Å². The maximum atomic E-state index is 12.8. The molecule has 4 nitrogen and oxygen atoms in total. The number of fused-ring (bicyclic) bond motifs is 2. The number of carboxylic acids is 1. The third kappa shape index (κ3) is 3.68. The van der Waals surface area contributed by atoms with Crippen LogP contribution in [0.2, 0.25) is 0 Å². The van der Waals surface area contributed by atoms with Gasteiger partial charge in [-0.1, -0.05) is 51.7 Å². The molecule has 1 fully saturated rings. The van der Waals surface area contributed by atoms with Crippen molar-refractivity contribution in [2.45, 2.75) is 65.7 Å². The number of carbonyl (C=O) groups excluding carboxylic acids is 1. The minimum Gasteiger partial charge on any atom is -0.481 e. The first-order chi connectivity index (χ1) is 11.4. The maximum absolute atomic E-state index is 12.8. The number of carbonyl (C=O) groups is 2. The van der Waals surface area contributed by atoms with E-state index >= 15 is 0 Å². The molecule has 2 rings (SSSR count). The van der Waals surface area contributed by atoms with Gasteiger partial charge in [-0.05, 0) is 43.9 Å². The van der Waals surface area contributed by atoms with E-state index in [1.165, 1.54) is 19.3 Å². The van der Waals surface area contributed by atoms with E-state index in [4.69, 9.17) is 4.74 Å². The Balaban J connectivity index is 1.97. The van der Waals surface area contributed by atoms with Crippen molar-refractivity contribution in [3.8, 4) is 0 Å². The first-order valence-corrected chi connectivity index (χ1v) is 9.53. The van der Waals surface area contributed by atoms with Crippen molar-refractivity contribution in [2.75, 3.05) is 6.61 Å². The zero-order chi connectivity index (χ0) is 17.7. The first kappa shape index (κ1) is 19.0. The van der Waals surface area contributed by atoms with E-state index < -0.39 is 17.3 Å². The Hall–Kier alpha value is -1.32. The van der Waals surface area contributed by atoms with E-state index in [2.05, 4.69) is 13.8 Å². The van der Waals surface area contributed by atoms with Crippen LogP contribution < -0.4 is 0 Å². The molecular formula is C20H32O4. The maximum Gasteiger partial charge on any atom is 0.313 e. The average Bonchev–Trinajstić information content (AvgIpc) is 3.12. The second-order valence-corrected chi connectivity index (χ2v) is 7.74. The molecule has 1 saturated carbocycles. The predicted octanol–water partition coefficient (Wildman–Crippen LogP) is 4.44. The van der Waals surface area contributed by atoms with Crippen LogP contribution in [0.3, 0.4) is 0 Å². The summed E-state index contributed by atoms with van der Waals surface area (Å²) < 4.78 is 5.67.